The monoisotopic (exact) mass is 290 g/mol. The minimum Gasteiger partial charge on any atom is -0.508 e. The number of aromatic hydroxyl groups is 2. The molecular weight excluding hydrogens is 260 g/mol. The summed E-state index contributed by atoms with van der Waals surface area (Å²) >= 11 is 0. The second-order valence-corrected chi connectivity index (χ2v) is 6.74. The van der Waals surface area contributed by atoms with Crippen LogP contribution in [0.5, 0.6) is 11.5 Å². The average Bonchev–Trinajstić information content (AvgIpc) is 2.47. The van der Waals surface area contributed by atoms with Gasteiger partial charge in [0.1, 0.15) is 11.5 Å². The van der Waals surface area contributed by atoms with Crippen molar-refractivity contribution in [3.63, 3.8) is 0 Å². The van der Waals surface area contributed by atoms with Crippen LogP contribution in [0, 0.1) is 0 Å². The molecular formula is C19H30O2. The van der Waals surface area contributed by atoms with Gasteiger partial charge in [-0.25, -0.2) is 0 Å². The normalized spacial score (nSPS) is 17.8. The van der Waals surface area contributed by atoms with Crippen molar-refractivity contribution in [1.82, 2.24) is 0 Å². The zero-order chi connectivity index (χ0) is 15.1. The molecule has 0 heterocycles. The minimum absolute atomic E-state index is 0.181. The summed E-state index contributed by atoms with van der Waals surface area (Å²) in [6, 6.07) is 5.18. The van der Waals surface area contributed by atoms with Crippen LogP contribution in [-0.2, 0) is 5.41 Å². The van der Waals surface area contributed by atoms with E-state index in [1.165, 1.54) is 76.7 Å². The lowest BCUT2D eigenvalue weighted by Crippen LogP contribution is -2.29. The third-order valence-corrected chi connectivity index (χ3v) is 5.08. The molecule has 1 aliphatic carbocycles. The third kappa shape index (κ3) is 4.39. The first-order valence-corrected chi connectivity index (χ1v) is 8.70. The summed E-state index contributed by atoms with van der Waals surface area (Å²) in [6.45, 7) is 2.25. The highest BCUT2D eigenvalue weighted by atomic mass is 16.3. The van der Waals surface area contributed by atoms with E-state index in [1.807, 2.05) is 12.1 Å². The van der Waals surface area contributed by atoms with Crippen molar-refractivity contribution >= 4 is 0 Å². The van der Waals surface area contributed by atoms with Crippen LogP contribution in [0.15, 0.2) is 18.2 Å². The van der Waals surface area contributed by atoms with Crippen LogP contribution in [0.3, 0.4) is 0 Å². The molecule has 0 saturated heterocycles. The van der Waals surface area contributed by atoms with E-state index in [1.54, 1.807) is 0 Å². The molecule has 1 aliphatic rings. The van der Waals surface area contributed by atoms with Crippen molar-refractivity contribution in [1.29, 1.82) is 0 Å². The molecule has 0 amide bonds. The van der Waals surface area contributed by atoms with E-state index < -0.39 is 0 Å². The number of phenolic OH excluding ortho intramolecular Hbond substituents is 2. The van der Waals surface area contributed by atoms with E-state index in [2.05, 4.69) is 6.92 Å². The molecule has 1 saturated carbocycles. The fourth-order valence-corrected chi connectivity index (χ4v) is 3.88. The maximum Gasteiger partial charge on any atom is 0.119 e. The number of hydrogen-bond acceptors (Lipinski definition) is 2. The molecule has 2 heteroatoms. The number of rotatable bonds is 7. The molecule has 2 nitrogen and oxygen atoms in total. The van der Waals surface area contributed by atoms with Gasteiger partial charge in [0.25, 0.3) is 0 Å². The fourth-order valence-electron chi connectivity index (χ4n) is 3.88. The lowest BCUT2D eigenvalue weighted by molar-refractivity contribution is 0.263. The van der Waals surface area contributed by atoms with Crippen molar-refractivity contribution in [2.24, 2.45) is 0 Å². The Hall–Kier alpha value is -1.18. The predicted octanol–water partition coefficient (Wildman–Crippen LogP) is 5.66. The van der Waals surface area contributed by atoms with Crippen LogP contribution in [0.2, 0.25) is 0 Å². The Morgan fingerprint density at radius 2 is 1.48 bits per heavy atom. The van der Waals surface area contributed by atoms with Crippen LogP contribution in [-0.4, -0.2) is 10.2 Å². The lowest BCUT2D eigenvalue weighted by Gasteiger charge is -2.38. The van der Waals surface area contributed by atoms with Gasteiger partial charge in [0.15, 0.2) is 0 Å². The van der Waals surface area contributed by atoms with Gasteiger partial charge in [-0.05, 0) is 42.4 Å². The number of benzene rings is 1. The smallest absolute Gasteiger partial charge is 0.119 e. The summed E-state index contributed by atoms with van der Waals surface area (Å²) in [5.41, 5.74) is 1.33. The molecule has 2 rings (SSSR count). The molecule has 0 bridgehead atoms. The molecule has 1 aromatic carbocycles. The van der Waals surface area contributed by atoms with Gasteiger partial charge in [-0.3, -0.25) is 0 Å². The molecule has 0 unspecified atom stereocenters. The van der Waals surface area contributed by atoms with Crippen LogP contribution < -0.4 is 0 Å². The molecule has 118 valence electrons. The summed E-state index contributed by atoms with van der Waals surface area (Å²) in [5.74, 6) is 0.391. The molecule has 0 atom stereocenters. The highest BCUT2D eigenvalue weighted by molar-refractivity contribution is 5.40. The first-order chi connectivity index (χ1) is 10.2. The summed E-state index contributed by atoms with van der Waals surface area (Å²) in [7, 11) is 0. The minimum atomic E-state index is 0.181. The van der Waals surface area contributed by atoms with Crippen LogP contribution in [0.4, 0.5) is 0 Å². The quantitative estimate of drug-likeness (QED) is 0.636. The van der Waals surface area contributed by atoms with Gasteiger partial charge in [-0.15, -0.1) is 0 Å². The van der Waals surface area contributed by atoms with Crippen molar-refractivity contribution in [3.8, 4) is 11.5 Å². The number of hydrogen-bond donors (Lipinski definition) is 2. The molecule has 1 fully saturated rings. The molecule has 21 heavy (non-hydrogen) atoms. The highest BCUT2D eigenvalue weighted by Gasteiger charge is 2.33. The van der Waals surface area contributed by atoms with E-state index in [0.29, 0.717) is 0 Å². The van der Waals surface area contributed by atoms with Crippen LogP contribution in [0.1, 0.15) is 83.1 Å². The molecule has 1 aromatic rings. The standard InChI is InChI=1S/C19H30O2/c1-2-3-4-5-7-10-19(11-8-6-9-12-19)16-13-17(20)15-18(21)14-16/h13-15,20-21H,2-12H2,1H3. The summed E-state index contributed by atoms with van der Waals surface area (Å²) in [5, 5.41) is 19.6. The van der Waals surface area contributed by atoms with Gasteiger partial charge in [0, 0.05) is 6.07 Å². The molecule has 0 radical (unpaired) electrons. The van der Waals surface area contributed by atoms with Crippen LogP contribution in [0.25, 0.3) is 0 Å². The molecule has 0 aromatic heterocycles. The summed E-state index contributed by atoms with van der Waals surface area (Å²) < 4.78 is 0. The van der Waals surface area contributed by atoms with E-state index in [0.717, 1.165) is 5.56 Å². The fraction of sp³-hybridized carbons (Fsp3) is 0.684. The maximum absolute atomic E-state index is 9.82. The predicted molar refractivity (Wildman–Crippen MR) is 87.9 cm³/mol. The summed E-state index contributed by atoms with van der Waals surface area (Å²) in [6.07, 6.45) is 14.0. The molecule has 0 spiro atoms. The Balaban J connectivity index is 2.08. The van der Waals surface area contributed by atoms with Gasteiger partial charge in [0.2, 0.25) is 0 Å². The van der Waals surface area contributed by atoms with Crippen LogP contribution >= 0.6 is 0 Å². The van der Waals surface area contributed by atoms with Gasteiger partial charge >= 0.3 is 0 Å². The van der Waals surface area contributed by atoms with Gasteiger partial charge in [0.05, 0.1) is 0 Å². The van der Waals surface area contributed by atoms with E-state index in [-0.39, 0.29) is 16.9 Å². The number of unbranched alkanes of at least 4 members (excludes halogenated alkanes) is 4. The Morgan fingerprint density at radius 3 is 2.10 bits per heavy atom. The van der Waals surface area contributed by atoms with Crippen molar-refractivity contribution in [3.05, 3.63) is 23.8 Å². The van der Waals surface area contributed by atoms with Crippen molar-refractivity contribution < 1.29 is 10.2 Å². The Kier molecular flexibility index (Phi) is 5.96. The highest BCUT2D eigenvalue weighted by Crippen LogP contribution is 2.45. The second-order valence-electron chi connectivity index (χ2n) is 6.74. The average molecular weight is 290 g/mol. The topological polar surface area (TPSA) is 40.5 Å². The van der Waals surface area contributed by atoms with E-state index in [4.69, 9.17) is 0 Å². The Morgan fingerprint density at radius 1 is 0.857 bits per heavy atom. The van der Waals surface area contributed by atoms with Gasteiger partial charge in [-0.2, -0.15) is 0 Å². The first-order valence-electron chi connectivity index (χ1n) is 8.70. The maximum atomic E-state index is 9.82. The zero-order valence-electron chi connectivity index (χ0n) is 13.4. The number of phenols is 2. The van der Waals surface area contributed by atoms with Crippen molar-refractivity contribution in [2.75, 3.05) is 0 Å². The van der Waals surface area contributed by atoms with Crippen molar-refractivity contribution in [2.45, 2.75) is 83.0 Å². The zero-order valence-corrected chi connectivity index (χ0v) is 13.4. The van der Waals surface area contributed by atoms with E-state index in [9.17, 15) is 10.2 Å². The first kappa shape index (κ1) is 16.2. The summed E-state index contributed by atoms with van der Waals surface area (Å²) in [4.78, 5) is 0. The second kappa shape index (κ2) is 7.72. The lowest BCUT2D eigenvalue weighted by atomic mass is 9.66. The van der Waals surface area contributed by atoms with Gasteiger partial charge in [-0.1, -0.05) is 58.3 Å². The van der Waals surface area contributed by atoms with E-state index >= 15 is 0 Å². The SMILES string of the molecule is CCCCCCCC1(c2cc(O)cc(O)c2)CCCCC1. The largest absolute Gasteiger partial charge is 0.508 e. The molecule has 2 N–H and O–H groups in total. The molecule has 0 aliphatic heterocycles. The Bertz CT molecular complexity index is 413. The third-order valence-electron chi connectivity index (χ3n) is 5.08. The Labute approximate surface area is 129 Å². The van der Waals surface area contributed by atoms with Gasteiger partial charge < -0.3 is 10.2 Å².